The van der Waals surface area contributed by atoms with Crippen molar-refractivity contribution in [2.45, 2.75) is 13.1 Å². The number of hydrazone groups is 1. The molecule has 0 unspecified atom stereocenters. The smallest absolute Gasteiger partial charge is 0.420 e. The molecule has 8 heteroatoms. The molecule has 0 heterocycles. The van der Waals surface area contributed by atoms with E-state index >= 15 is 0 Å². The largest absolute Gasteiger partial charge is 0.507 e. The molecule has 2 aromatic carbocycles. The quantitative estimate of drug-likeness (QED) is 0.641. The number of phenolic OH excluding ortho intramolecular Hbond substituents is 1. The predicted molar refractivity (Wildman–Crippen MR) is 84.4 cm³/mol. The van der Waals surface area contributed by atoms with E-state index in [0.29, 0.717) is 11.6 Å². The molecule has 0 saturated carbocycles. The van der Waals surface area contributed by atoms with Crippen molar-refractivity contribution in [3.05, 3.63) is 63.7 Å². The summed E-state index contributed by atoms with van der Waals surface area (Å²) in [6.07, 6.45) is -3.87. The van der Waals surface area contributed by atoms with Gasteiger partial charge in [-0.15, -0.1) is 0 Å². The fourth-order valence-corrected chi connectivity index (χ4v) is 2.09. The zero-order valence-electron chi connectivity index (χ0n) is 12.4. The van der Waals surface area contributed by atoms with Gasteiger partial charge in [-0.3, -0.25) is 4.79 Å². The normalized spacial score (nSPS) is 11.7. The molecule has 0 aromatic heterocycles. The van der Waals surface area contributed by atoms with Crippen molar-refractivity contribution in [1.29, 1.82) is 0 Å². The van der Waals surface area contributed by atoms with Crippen LogP contribution in [0.5, 0.6) is 5.75 Å². The molecule has 126 valence electrons. The summed E-state index contributed by atoms with van der Waals surface area (Å²) in [6, 6.07) is 8.35. The minimum Gasteiger partial charge on any atom is -0.507 e. The SMILES string of the molecule is Cc1ccc(C(=O)N/N=C/c2cc(Cl)cc(C(F)(F)F)c2O)cc1. The van der Waals surface area contributed by atoms with Crippen LogP contribution in [0, 0.1) is 6.92 Å². The molecule has 2 N–H and O–H groups in total. The Morgan fingerprint density at radius 2 is 1.88 bits per heavy atom. The van der Waals surface area contributed by atoms with Crippen LogP contribution in [0.2, 0.25) is 5.02 Å². The molecular weight excluding hydrogens is 345 g/mol. The maximum absolute atomic E-state index is 12.8. The maximum Gasteiger partial charge on any atom is 0.420 e. The molecule has 0 radical (unpaired) electrons. The molecular formula is C16H12ClF3N2O2. The Kier molecular flexibility index (Phi) is 5.14. The van der Waals surface area contributed by atoms with E-state index in [1.54, 1.807) is 24.3 Å². The van der Waals surface area contributed by atoms with Crippen molar-refractivity contribution in [3.63, 3.8) is 0 Å². The first kappa shape index (κ1) is 17.8. The summed E-state index contributed by atoms with van der Waals surface area (Å²) < 4.78 is 38.3. The van der Waals surface area contributed by atoms with Gasteiger partial charge in [0, 0.05) is 16.1 Å². The summed E-state index contributed by atoms with van der Waals surface area (Å²) >= 11 is 5.62. The summed E-state index contributed by atoms with van der Waals surface area (Å²) in [5, 5.41) is 13.0. The Bertz CT molecular complexity index is 787. The molecule has 0 bridgehead atoms. The number of carbonyl (C=O) groups is 1. The third-order valence-corrected chi connectivity index (χ3v) is 3.31. The van der Waals surface area contributed by atoms with Crippen molar-refractivity contribution >= 4 is 23.7 Å². The fraction of sp³-hybridized carbons (Fsp3) is 0.125. The van der Waals surface area contributed by atoms with Crippen molar-refractivity contribution in [2.24, 2.45) is 5.10 Å². The van der Waals surface area contributed by atoms with Crippen LogP contribution in [0.25, 0.3) is 0 Å². The first-order valence-electron chi connectivity index (χ1n) is 6.68. The Morgan fingerprint density at radius 1 is 1.25 bits per heavy atom. The van der Waals surface area contributed by atoms with Crippen LogP contribution in [-0.4, -0.2) is 17.2 Å². The van der Waals surface area contributed by atoms with Crippen LogP contribution in [0.3, 0.4) is 0 Å². The molecule has 2 rings (SSSR count). The summed E-state index contributed by atoms with van der Waals surface area (Å²) in [6.45, 7) is 1.86. The second-order valence-electron chi connectivity index (χ2n) is 4.95. The van der Waals surface area contributed by atoms with Crippen molar-refractivity contribution in [2.75, 3.05) is 0 Å². The Morgan fingerprint density at radius 3 is 2.46 bits per heavy atom. The molecule has 0 aliphatic rings. The molecule has 0 aliphatic carbocycles. The van der Waals surface area contributed by atoms with Gasteiger partial charge in [0.2, 0.25) is 0 Å². The van der Waals surface area contributed by atoms with Gasteiger partial charge in [0.15, 0.2) is 0 Å². The van der Waals surface area contributed by atoms with Crippen LogP contribution in [0.15, 0.2) is 41.5 Å². The van der Waals surface area contributed by atoms with Gasteiger partial charge < -0.3 is 5.11 Å². The number of nitrogens with zero attached hydrogens (tertiary/aromatic N) is 1. The lowest BCUT2D eigenvalue weighted by Crippen LogP contribution is -2.17. The number of alkyl halides is 3. The van der Waals surface area contributed by atoms with Gasteiger partial charge in [0.1, 0.15) is 5.75 Å². The number of hydrogen-bond donors (Lipinski definition) is 2. The van der Waals surface area contributed by atoms with E-state index in [1.807, 2.05) is 6.92 Å². The van der Waals surface area contributed by atoms with E-state index in [9.17, 15) is 23.1 Å². The van der Waals surface area contributed by atoms with Crippen LogP contribution >= 0.6 is 11.6 Å². The molecule has 1 amide bonds. The number of aromatic hydroxyl groups is 1. The Labute approximate surface area is 140 Å². The van der Waals surface area contributed by atoms with E-state index in [4.69, 9.17) is 11.6 Å². The molecule has 0 saturated heterocycles. The van der Waals surface area contributed by atoms with E-state index in [-0.39, 0.29) is 10.6 Å². The number of halogens is 4. The average molecular weight is 357 g/mol. The summed E-state index contributed by atoms with van der Waals surface area (Å²) in [5.41, 5.74) is 1.93. The average Bonchev–Trinajstić information content (AvgIpc) is 2.49. The predicted octanol–water partition coefficient (Wildman–Crippen LogP) is 4.14. The van der Waals surface area contributed by atoms with E-state index in [2.05, 4.69) is 10.5 Å². The van der Waals surface area contributed by atoms with E-state index in [1.165, 1.54) is 0 Å². The number of aryl methyl sites for hydroxylation is 1. The number of carbonyl (C=O) groups excluding carboxylic acids is 1. The van der Waals surface area contributed by atoms with Crippen LogP contribution < -0.4 is 5.43 Å². The van der Waals surface area contributed by atoms with Crippen LogP contribution in [0.4, 0.5) is 13.2 Å². The third kappa shape index (κ3) is 4.26. The van der Waals surface area contributed by atoms with Gasteiger partial charge in [0.05, 0.1) is 11.8 Å². The molecule has 2 aromatic rings. The van der Waals surface area contributed by atoms with Crippen molar-refractivity contribution in [1.82, 2.24) is 5.43 Å². The molecule has 24 heavy (non-hydrogen) atoms. The highest BCUT2D eigenvalue weighted by molar-refractivity contribution is 6.31. The highest BCUT2D eigenvalue weighted by Crippen LogP contribution is 2.38. The zero-order valence-corrected chi connectivity index (χ0v) is 13.1. The minimum atomic E-state index is -4.76. The first-order chi connectivity index (χ1) is 11.2. The van der Waals surface area contributed by atoms with Crippen molar-refractivity contribution < 1.29 is 23.1 Å². The summed E-state index contributed by atoms with van der Waals surface area (Å²) in [7, 11) is 0. The van der Waals surface area contributed by atoms with E-state index in [0.717, 1.165) is 17.8 Å². The Balaban J connectivity index is 2.19. The van der Waals surface area contributed by atoms with Gasteiger partial charge in [-0.1, -0.05) is 29.3 Å². The van der Waals surface area contributed by atoms with Gasteiger partial charge in [0.25, 0.3) is 5.91 Å². The lowest BCUT2D eigenvalue weighted by atomic mass is 10.1. The first-order valence-corrected chi connectivity index (χ1v) is 7.06. The number of benzene rings is 2. The molecule has 0 atom stereocenters. The third-order valence-electron chi connectivity index (χ3n) is 3.09. The number of rotatable bonds is 3. The molecule has 0 aliphatic heterocycles. The summed E-state index contributed by atoms with van der Waals surface area (Å²) in [5.74, 6) is -1.55. The number of nitrogens with one attached hydrogen (secondary N) is 1. The van der Waals surface area contributed by atoms with Crippen LogP contribution in [-0.2, 0) is 6.18 Å². The number of phenols is 1. The van der Waals surface area contributed by atoms with E-state index < -0.39 is 23.4 Å². The number of amides is 1. The maximum atomic E-state index is 12.8. The Hall–Kier alpha value is -2.54. The van der Waals surface area contributed by atoms with Crippen LogP contribution in [0.1, 0.15) is 27.0 Å². The highest BCUT2D eigenvalue weighted by Gasteiger charge is 2.35. The molecule has 0 fully saturated rings. The lowest BCUT2D eigenvalue weighted by molar-refractivity contribution is -0.138. The van der Waals surface area contributed by atoms with Gasteiger partial charge >= 0.3 is 6.18 Å². The zero-order chi connectivity index (χ0) is 17.9. The van der Waals surface area contributed by atoms with Gasteiger partial charge in [-0.2, -0.15) is 18.3 Å². The van der Waals surface area contributed by atoms with Gasteiger partial charge in [-0.25, -0.2) is 5.43 Å². The second kappa shape index (κ2) is 6.92. The van der Waals surface area contributed by atoms with Gasteiger partial charge in [-0.05, 0) is 31.2 Å². The lowest BCUT2D eigenvalue weighted by Gasteiger charge is -2.11. The highest BCUT2D eigenvalue weighted by atomic mass is 35.5. The summed E-state index contributed by atoms with van der Waals surface area (Å²) in [4.78, 5) is 11.8. The standard InChI is InChI=1S/C16H12ClF3N2O2/c1-9-2-4-10(5-3-9)15(24)22-21-8-11-6-12(17)7-13(14(11)23)16(18,19)20/h2-8,23H,1H3,(H,22,24)/b21-8+. The monoisotopic (exact) mass is 356 g/mol. The minimum absolute atomic E-state index is 0.216. The van der Waals surface area contributed by atoms with Crippen molar-refractivity contribution in [3.8, 4) is 5.75 Å². The second-order valence-corrected chi connectivity index (χ2v) is 5.39. The fourth-order valence-electron chi connectivity index (χ4n) is 1.86. The topological polar surface area (TPSA) is 61.7 Å². The molecule has 0 spiro atoms. The number of hydrogen-bond acceptors (Lipinski definition) is 3. The molecule has 4 nitrogen and oxygen atoms in total.